The summed E-state index contributed by atoms with van der Waals surface area (Å²) in [5.41, 5.74) is 1.14. The first-order valence-electron chi connectivity index (χ1n) is 6.80. The largest absolute Gasteiger partial charge is 0.493 e. The first kappa shape index (κ1) is 14.7. The van der Waals surface area contributed by atoms with E-state index < -0.39 is 0 Å². The van der Waals surface area contributed by atoms with Crippen molar-refractivity contribution in [3.05, 3.63) is 23.8 Å². The van der Waals surface area contributed by atoms with E-state index in [1.807, 2.05) is 37.2 Å². The summed E-state index contributed by atoms with van der Waals surface area (Å²) in [7, 11) is 5.41. The van der Waals surface area contributed by atoms with E-state index in [9.17, 15) is 4.79 Å². The summed E-state index contributed by atoms with van der Waals surface area (Å²) in [5, 5.41) is 2.95. The van der Waals surface area contributed by atoms with Gasteiger partial charge in [0, 0.05) is 12.5 Å². The fourth-order valence-electron chi connectivity index (χ4n) is 2.35. The predicted molar refractivity (Wildman–Crippen MR) is 77.2 cm³/mol. The number of benzene rings is 1. The van der Waals surface area contributed by atoms with Crippen molar-refractivity contribution in [2.45, 2.75) is 6.42 Å². The number of fused-ring (bicyclic) bond motifs is 1. The Morgan fingerprint density at radius 1 is 1.50 bits per heavy atom. The molecular weight excluding hydrogens is 256 g/mol. The SMILES string of the molecule is COc1cccc2c1OC[C@@H](CNC(=O)CN(C)C)C2. The standard InChI is InChI=1S/C15H22N2O3/c1-17(2)9-14(18)16-8-11-7-12-5-4-6-13(19-3)15(12)20-10-11/h4-6,11H,7-10H2,1-3H3,(H,16,18)/t11-/m1/s1. The molecule has 0 radical (unpaired) electrons. The molecule has 20 heavy (non-hydrogen) atoms. The minimum absolute atomic E-state index is 0.0476. The lowest BCUT2D eigenvalue weighted by Crippen LogP contribution is -2.39. The molecule has 0 bridgehead atoms. The van der Waals surface area contributed by atoms with E-state index in [0.717, 1.165) is 23.5 Å². The number of methoxy groups -OCH3 is 1. The van der Waals surface area contributed by atoms with E-state index in [2.05, 4.69) is 5.32 Å². The summed E-state index contributed by atoms with van der Waals surface area (Å²) in [5.74, 6) is 1.97. The Labute approximate surface area is 119 Å². The molecule has 0 aliphatic carbocycles. The molecule has 1 amide bonds. The molecule has 0 fully saturated rings. The van der Waals surface area contributed by atoms with Crippen LogP contribution in [0, 0.1) is 5.92 Å². The highest BCUT2D eigenvalue weighted by atomic mass is 16.5. The van der Waals surface area contributed by atoms with E-state index in [-0.39, 0.29) is 5.91 Å². The van der Waals surface area contributed by atoms with E-state index >= 15 is 0 Å². The number of carbonyl (C=O) groups excluding carboxylic acids is 1. The molecule has 0 unspecified atom stereocenters. The van der Waals surface area contributed by atoms with Crippen LogP contribution in [-0.4, -0.2) is 51.7 Å². The molecule has 1 aromatic rings. The minimum Gasteiger partial charge on any atom is -0.493 e. The highest BCUT2D eigenvalue weighted by Crippen LogP contribution is 2.35. The van der Waals surface area contributed by atoms with Crippen LogP contribution in [-0.2, 0) is 11.2 Å². The molecule has 0 saturated carbocycles. The Morgan fingerprint density at radius 2 is 2.30 bits per heavy atom. The van der Waals surface area contributed by atoms with E-state index in [0.29, 0.717) is 25.6 Å². The van der Waals surface area contributed by atoms with Crippen LogP contribution in [0.5, 0.6) is 11.5 Å². The third-order valence-electron chi connectivity index (χ3n) is 3.30. The van der Waals surface area contributed by atoms with Crippen LogP contribution in [0.15, 0.2) is 18.2 Å². The highest BCUT2D eigenvalue weighted by Gasteiger charge is 2.22. The Kier molecular flexibility index (Phi) is 4.84. The number of rotatable bonds is 5. The smallest absolute Gasteiger partial charge is 0.234 e. The number of nitrogens with one attached hydrogen (secondary N) is 1. The van der Waals surface area contributed by atoms with Gasteiger partial charge in [-0.2, -0.15) is 0 Å². The monoisotopic (exact) mass is 278 g/mol. The number of ether oxygens (including phenoxy) is 2. The normalized spacial score (nSPS) is 17.3. The van der Waals surface area contributed by atoms with E-state index in [1.54, 1.807) is 7.11 Å². The van der Waals surface area contributed by atoms with Gasteiger partial charge in [0.05, 0.1) is 20.3 Å². The van der Waals surface area contributed by atoms with Crippen LogP contribution in [0.3, 0.4) is 0 Å². The Hall–Kier alpha value is -1.75. The maximum Gasteiger partial charge on any atom is 0.234 e. The van der Waals surface area contributed by atoms with Crippen LogP contribution in [0.4, 0.5) is 0 Å². The Bertz CT molecular complexity index is 474. The number of likely N-dealkylation sites (N-methyl/N-ethyl adjacent to an activating group) is 1. The number of hydrogen-bond acceptors (Lipinski definition) is 4. The second kappa shape index (κ2) is 6.61. The van der Waals surface area contributed by atoms with Gasteiger partial charge in [0.15, 0.2) is 11.5 Å². The highest BCUT2D eigenvalue weighted by molar-refractivity contribution is 5.77. The van der Waals surface area contributed by atoms with Crippen LogP contribution in [0.1, 0.15) is 5.56 Å². The maximum absolute atomic E-state index is 11.6. The number of para-hydroxylation sites is 1. The van der Waals surface area contributed by atoms with Crippen molar-refractivity contribution >= 4 is 5.91 Å². The second-order valence-corrected chi connectivity index (χ2v) is 5.37. The lowest BCUT2D eigenvalue weighted by molar-refractivity contribution is -0.121. The van der Waals surface area contributed by atoms with Crippen molar-refractivity contribution < 1.29 is 14.3 Å². The summed E-state index contributed by atoms with van der Waals surface area (Å²) < 4.78 is 11.1. The van der Waals surface area contributed by atoms with Crippen molar-refractivity contribution in [2.75, 3.05) is 40.9 Å². The number of nitrogens with zero attached hydrogens (tertiary/aromatic N) is 1. The van der Waals surface area contributed by atoms with Gasteiger partial charge >= 0.3 is 0 Å². The van der Waals surface area contributed by atoms with Gasteiger partial charge in [-0.1, -0.05) is 12.1 Å². The van der Waals surface area contributed by atoms with Crippen molar-refractivity contribution in [3.63, 3.8) is 0 Å². The summed E-state index contributed by atoms with van der Waals surface area (Å²) in [6, 6.07) is 5.91. The Balaban J connectivity index is 1.90. The van der Waals surface area contributed by atoms with Gasteiger partial charge < -0.3 is 19.7 Å². The molecule has 0 aromatic heterocycles. The van der Waals surface area contributed by atoms with Gasteiger partial charge in [0.25, 0.3) is 0 Å². The molecule has 0 saturated heterocycles. The quantitative estimate of drug-likeness (QED) is 0.870. The van der Waals surface area contributed by atoms with Crippen LogP contribution >= 0.6 is 0 Å². The number of hydrogen-bond donors (Lipinski definition) is 1. The molecule has 1 aromatic carbocycles. The van der Waals surface area contributed by atoms with Crippen molar-refractivity contribution in [1.82, 2.24) is 10.2 Å². The van der Waals surface area contributed by atoms with Gasteiger partial charge in [-0.3, -0.25) is 4.79 Å². The van der Waals surface area contributed by atoms with Gasteiger partial charge in [0.1, 0.15) is 0 Å². The van der Waals surface area contributed by atoms with Crippen LogP contribution < -0.4 is 14.8 Å². The Morgan fingerprint density at radius 3 is 3.00 bits per heavy atom. The second-order valence-electron chi connectivity index (χ2n) is 5.37. The third kappa shape index (κ3) is 3.63. The average Bonchev–Trinajstić information content (AvgIpc) is 2.43. The predicted octanol–water partition coefficient (Wildman–Crippen LogP) is 0.924. The first-order chi connectivity index (χ1) is 9.60. The summed E-state index contributed by atoms with van der Waals surface area (Å²) in [6.07, 6.45) is 0.898. The summed E-state index contributed by atoms with van der Waals surface area (Å²) in [4.78, 5) is 13.5. The maximum atomic E-state index is 11.6. The molecule has 5 heteroatoms. The van der Waals surface area contributed by atoms with E-state index in [4.69, 9.17) is 9.47 Å². The van der Waals surface area contributed by atoms with Crippen LogP contribution in [0.25, 0.3) is 0 Å². The van der Waals surface area contributed by atoms with E-state index in [1.165, 1.54) is 0 Å². The van der Waals surface area contributed by atoms with Crippen molar-refractivity contribution in [3.8, 4) is 11.5 Å². The van der Waals surface area contributed by atoms with Gasteiger partial charge in [0.2, 0.25) is 5.91 Å². The van der Waals surface area contributed by atoms with Crippen LogP contribution in [0.2, 0.25) is 0 Å². The molecule has 110 valence electrons. The lowest BCUT2D eigenvalue weighted by Gasteiger charge is -2.26. The topological polar surface area (TPSA) is 50.8 Å². The zero-order valence-corrected chi connectivity index (χ0v) is 12.3. The summed E-state index contributed by atoms with van der Waals surface area (Å²) >= 11 is 0. The first-order valence-corrected chi connectivity index (χ1v) is 6.80. The fourth-order valence-corrected chi connectivity index (χ4v) is 2.35. The van der Waals surface area contributed by atoms with Gasteiger partial charge in [-0.25, -0.2) is 0 Å². The minimum atomic E-state index is 0.0476. The number of carbonyl (C=O) groups is 1. The van der Waals surface area contributed by atoms with Gasteiger partial charge in [-0.15, -0.1) is 0 Å². The van der Waals surface area contributed by atoms with Crippen molar-refractivity contribution in [1.29, 1.82) is 0 Å². The molecule has 1 aliphatic heterocycles. The third-order valence-corrected chi connectivity index (χ3v) is 3.30. The molecule has 5 nitrogen and oxygen atoms in total. The van der Waals surface area contributed by atoms with Gasteiger partial charge in [-0.05, 0) is 32.1 Å². The molecule has 0 spiro atoms. The lowest BCUT2D eigenvalue weighted by atomic mass is 9.96. The molecular formula is C15H22N2O3. The molecule has 1 heterocycles. The molecule has 1 aliphatic rings. The average molecular weight is 278 g/mol. The summed E-state index contributed by atoms with van der Waals surface area (Å²) in [6.45, 7) is 1.66. The molecule has 1 atom stereocenters. The van der Waals surface area contributed by atoms with Crippen molar-refractivity contribution in [2.24, 2.45) is 5.92 Å². The molecule has 2 rings (SSSR count). The molecule has 1 N–H and O–H groups in total. The fraction of sp³-hybridized carbons (Fsp3) is 0.533. The zero-order chi connectivity index (χ0) is 14.5. The number of amides is 1. The zero-order valence-electron chi connectivity index (χ0n) is 12.3.